The quantitative estimate of drug-likeness (QED) is 0.682. The van der Waals surface area contributed by atoms with Gasteiger partial charge in [0.25, 0.3) is 0 Å². The zero-order valence-electron chi connectivity index (χ0n) is 10.6. The molecule has 0 aromatic heterocycles. The Kier molecular flexibility index (Phi) is 5.90. The van der Waals surface area contributed by atoms with Crippen LogP contribution in [0.25, 0.3) is 0 Å². The lowest BCUT2D eigenvalue weighted by molar-refractivity contribution is 0.325. The maximum absolute atomic E-state index is 5.60. The van der Waals surface area contributed by atoms with Gasteiger partial charge >= 0.3 is 0 Å². The van der Waals surface area contributed by atoms with Gasteiger partial charge in [-0.1, -0.05) is 46.1 Å². The topological polar surface area (TPSA) is 26.0 Å². The van der Waals surface area contributed by atoms with Crippen LogP contribution in [0, 0.1) is 11.3 Å². The predicted octanol–water partition coefficient (Wildman–Crippen LogP) is 4.09. The zero-order chi connectivity index (χ0) is 11.2. The summed E-state index contributed by atoms with van der Waals surface area (Å²) >= 11 is 0. The van der Waals surface area contributed by atoms with Crippen LogP contribution >= 0.6 is 0 Å². The Balaban J connectivity index is 4.13. The molecule has 2 N–H and O–H groups in total. The van der Waals surface area contributed by atoms with Gasteiger partial charge in [0.05, 0.1) is 0 Å². The van der Waals surface area contributed by atoms with E-state index in [9.17, 15) is 0 Å². The van der Waals surface area contributed by atoms with E-state index >= 15 is 0 Å². The lowest BCUT2D eigenvalue weighted by atomic mass is 9.76. The molecule has 0 saturated carbocycles. The summed E-state index contributed by atoms with van der Waals surface area (Å²) in [5.41, 5.74) is 7.26. The number of rotatable bonds is 6. The van der Waals surface area contributed by atoms with E-state index in [0.29, 0.717) is 5.41 Å². The fourth-order valence-corrected chi connectivity index (χ4v) is 1.75. The highest BCUT2D eigenvalue weighted by Gasteiger charge is 2.23. The Labute approximate surface area is 89.8 Å². The van der Waals surface area contributed by atoms with E-state index in [1.54, 1.807) is 6.20 Å². The van der Waals surface area contributed by atoms with Crippen LogP contribution in [0.1, 0.15) is 60.3 Å². The number of nitrogens with two attached hydrogens (primary N) is 1. The second-order valence-electron chi connectivity index (χ2n) is 5.05. The summed E-state index contributed by atoms with van der Waals surface area (Å²) in [4.78, 5) is 0. The molecular formula is C13H27N. The average Bonchev–Trinajstić information content (AvgIpc) is 2.15. The van der Waals surface area contributed by atoms with Crippen LogP contribution in [0.5, 0.6) is 0 Å². The molecule has 0 saturated heterocycles. The first-order chi connectivity index (χ1) is 6.46. The summed E-state index contributed by atoms with van der Waals surface area (Å²) in [6.45, 7) is 11.3. The zero-order valence-corrected chi connectivity index (χ0v) is 10.6. The molecule has 0 radical (unpaired) electrons. The van der Waals surface area contributed by atoms with Crippen LogP contribution in [0.3, 0.4) is 0 Å². The van der Waals surface area contributed by atoms with E-state index in [-0.39, 0.29) is 0 Å². The third-order valence-electron chi connectivity index (χ3n) is 3.49. The van der Waals surface area contributed by atoms with Gasteiger partial charge in [-0.2, -0.15) is 0 Å². The van der Waals surface area contributed by atoms with Gasteiger partial charge in [0.2, 0.25) is 0 Å². The maximum Gasteiger partial charge on any atom is -0.00677 e. The van der Waals surface area contributed by atoms with Crippen molar-refractivity contribution in [3.8, 4) is 0 Å². The van der Waals surface area contributed by atoms with Crippen molar-refractivity contribution in [2.24, 2.45) is 17.1 Å². The first-order valence-electron chi connectivity index (χ1n) is 5.85. The molecule has 0 heterocycles. The number of hydrogen-bond acceptors (Lipinski definition) is 1. The van der Waals surface area contributed by atoms with Gasteiger partial charge in [0.15, 0.2) is 0 Å². The Bertz CT molecular complexity index is 182. The van der Waals surface area contributed by atoms with Crippen molar-refractivity contribution < 1.29 is 0 Å². The molecule has 0 spiro atoms. The molecule has 84 valence electrons. The van der Waals surface area contributed by atoms with Crippen molar-refractivity contribution in [2.75, 3.05) is 0 Å². The predicted molar refractivity (Wildman–Crippen MR) is 65.0 cm³/mol. The van der Waals surface area contributed by atoms with E-state index < -0.39 is 0 Å². The third-order valence-corrected chi connectivity index (χ3v) is 3.49. The molecule has 0 fully saturated rings. The summed E-state index contributed by atoms with van der Waals surface area (Å²) in [7, 11) is 0. The van der Waals surface area contributed by atoms with Gasteiger partial charge in [-0.25, -0.2) is 0 Å². The minimum Gasteiger partial charge on any atom is -0.405 e. The van der Waals surface area contributed by atoms with Crippen molar-refractivity contribution in [3.05, 3.63) is 11.8 Å². The molecule has 0 aromatic rings. The SMILES string of the molecule is CCC(C)(CCCC(C)C)/C(C)=C\N. The van der Waals surface area contributed by atoms with Crippen LogP contribution in [-0.4, -0.2) is 0 Å². The van der Waals surface area contributed by atoms with Gasteiger partial charge in [0, 0.05) is 0 Å². The van der Waals surface area contributed by atoms with E-state index in [1.165, 1.54) is 31.3 Å². The maximum atomic E-state index is 5.60. The minimum absolute atomic E-state index is 0.323. The molecule has 0 rings (SSSR count). The van der Waals surface area contributed by atoms with Crippen LogP contribution in [0.4, 0.5) is 0 Å². The fraction of sp³-hybridized carbons (Fsp3) is 0.846. The van der Waals surface area contributed by atoms with Crippen LogP contribution in [0.2, 0.25) is 0 Å². The monoisotopic (exact) mass is 197 g/mol. The van der Waals surface area contributed by atoms with Gasteiger partial charge in [-0.15, -0.1) is 0 Å². The van der Waals surface area contributed by atoms with E-state index in [0.717, 1.165) is 5.92 Å². The number of allylic oxidation sites excluding steroid dienone is 1. The standard InChI is InChI=1S/C13H27N/c1-6-13(5,12(4)10-14)9-7-8-11(2)3/h10-11H,6-9,14H2,1-5H3/b12-10-. The van der Waals surface area contributed by atoms with Crippen molar-refractivity contribution in [2.45, 2.75) is 60.3 Å². The fourth-order valence-electron chi connectivity index (χ4n) is 1.75. The molecule has 1 heteroatoms. The van der Waals surface area contributed by atoms with Crippen molar-refractivity contribution in [1.29, 1.82) is 0 Å². The Morgan fingerprint density at radius 2 is 2.00 bits per heavy atom. The second kappa shape index (κ2) is 6.10. The Morgan fingerprint density at radius 1 is 1.43 bits per heavy atom. The molecule has 1 unspecified atom stereocenters. The molecule has 0 amide bonds. The molecule has 14 heavy (non-hydrogen) atoms. The highest BCUT2D eigenvalue weighted by Crippen LogP contribution is 2.35. The van der Waals surface area contributed by atoms with E-state index in [4.69, 9.17) is 5.73 Å². The van der Waals surface area contributed by atoms with Crippen LogP contribution < -0.4 is 5.73 Å². The normalized spacial score (nSPS) is 17.1. The van der Waals surface area contributed by atoms with Gasteiger partial charge < -0.3 is 5.73 Å². The van der Waals surface area contributed by atoms with Gasteiger partial charge in [0.1, 0.15) is 0 Å². The summed E-state index contributed by atoms with van der Waals surface area (Å²) in [5.74, 6) is 0.818. The Morgan fingerprint density at radius 3 is 2.36 bits per heavy atom. The second-order valence-corrected chi connectivity index (χ2v) is 5.05. The molecule has 1 nitrogen and oxygen atoms in total. The first-order valence-corrected chi connectivity index (χ1v) is 5.85. The van der Waals surface area contributed by atoms with E-state index in [2.05, 4.69) is 34.6 Å². The summed E-state index contributed by atoms with van der Waals surface area (Å²) in [6.07, 6.45) is 6.87. The molecule has 0 bridgehead atoms. The van der Waals surface area contributed by atoms with Crippen molar-refractivity contribution in [1.82, 2.24) is 0 Å². The van der Waals surface area contributed by atoms with Gasteiger partial charge in [-0.05, 0) is 37.3 Å². The van der Waals surface area contributed by atoms with E-state index in [1.807, 2.05) is 0 Å². The average molecular weight is 197 g/mol. The Hall–Kier alpha value is -0.460. The van der Waals surface area contributed by atoms with Crippen LogP contribution in [0.15, 0.2) is 11.8 Å². The van der Waals surface area contributed by atoms with Crippen LogP contribution in [-0.2, 0) is 0 Å². The largest absolute Gasteiger partial charge is 0.405 e. The van der Waals surface area contributed by atoms with Crippen molar-refractivity contribution >= 4 is 0 Å². The summed E-state index contributed by atoms with van der Waals surface area (Å²) in [5, 5.41) is 0. The van der Waals surface area contributed by atoms with Crippen molar-refractivity contribution in [3.63, 3.8) is 0 Å². The van der Waals surface area contributed by atoms with Gasteiger partial charge in [-0.3, -0.25) is 0 Å². The molecule has 0 aliphatic heterocycles. The highest BCUT2D eigenvalue weighted by atomic mass is 14.5. The summed E-state index contributed by atoms with van der Waals surface area (Å²) < 4.78 is 0. The molecule has 0 aliphatic rings. The lowest BCUT2D eigenvalue weighted by Gasteiger charge is -2.29. The minimum atomic E-state index is 0.323. The highest BCUT2D eigenvalue weighted by molar-refractivity contribution is 5.08. The smallest absolute Gasteiger partial charge is 0.00677 e. The summed E-state index contributed by atoms with van der Waals surface area (Å²) in [6, 6.07) is 0. The molecule has 1 atom stereocenters. The first kappa shape index (κ1) is 13.5. The third kappa shape index (κ3) is 4.17. The molecule has 0 aliphatic carbocycles. The number of hydrogen-bond donors (Lipinski definition) is 1. The molecule has 0 aromatic carbocycles. The lowest BCUT2D eigenvalue weighted by Crippen LogP contribution is -2.18. The molecular weight excluding hydrogens is 170 g/mol.